The highest BCUT2D eigenvalue weighted by atomic mass is 35.5. The summed E-state index contributed by atoms with van der Waals surface area (Å²) in [5.74, 6) is -0.344. The monoisotopic (exact) mass is 476 g/mol. The van der Waals surface area contributed by atoms with Gasteiger partial charge in [-0.1, -0.05) is 23.7 Å². The number of ether oxygens (including phenoxy) is 1. The SMILES string of the molecule is COc1ccc(N(C)S(=O)(=O)c2ccc(Cl)c(C(=O)NCc3ccc(C)c(F)c3)c2)cc1. The van der Waals surface area contributed by atoms with Crippen LogP contribution in [0, 0.1) is 12.7 Å². The average Bonchev–Trinajstić information content (AvgIpc) is 2.79. The predicted molar refractivity (Wildman–Crippen MR) is 122 cm³/mol. The molecule has 0 saturated carbocycles. The average molecular weight is 477 g/mol. The number of hydrogen-bond acceptors (Lipinski definition) is 4. The number of carbonyl (C=O) groups is 1. The minimum atomic E-state index is -3.96. The van der Waals surface area contributed by atoms with E-state index in [0.717, 1.165) is 4.31 Å². The Morgan fingerprint density at radius 3 is 2.41 bits per heavy atom. The Labute approximate surface area is 191 Å². The third-order valence-electron chi connectivity index (χ3n) is 4.97. The lowest BCUT2D eigenvalue weighted by Crippen LogP contribution is -2.27. The standard InChI is InChI=1S/C23H22ClFN2O4S/c1-15-4-5-16(12-22(15)25)14-26-23(28)20-13-19(10-11-21(20)24)32(29,30)27(2)17-6-8-18(31-3)9-7-17/h4-13H,14H2,1-3H3,(H,26,28). The van der Waals surface area contributed by atoms with E-state index < -0.39 is 15.9 Å². The zero-order valence-electron chi connectivity index (χ0n) is 17.7. The van der Waals surface area contributed by atoms with Crippen LogP contribution in [0.1, 0.15) is 21.5 Å². The van der Waals surface area contributed by atoms with Crippen molar-refractivity contribution in [3.05, 3.63) is 88.2 Å². The molecule has 0 aliphatic heterocycles. The minimum Gasteiger partial charge on any atom is -0.497 e. The summed E-state index contributed by atoms with van der Waals surface area (Å²) in [6.07, 6.45) is 0. The van der Waals surface area contributed by atoms with E-state index >= 15 is 0 Å². The number of nitrogens with zero attached hydrogens (tertiary/aromatic N) is 1. The Kier molecular flexibility index (Phi) is 7.06. The molecule has 0 spiro atoms. The first-order chi connectivity index (χ1) is 15.1. The van der Waals surface area contributed by atoms with Crippen molar-refractivity contribution in [1.82, 2.24) is 5.32 Å². The van der Waals surface area contributed by atoms with Gasteiger partial charge in [0.1, 0.15) is 11.6 Å². The Morgan fingerprint density at radius 2 is 1.78 bits per heavy atom. The van der Waals surface area contributed by atoms with Crippen LogP contribution in [0.15, 0.2) is 65.6 Å². The van der Waals surface area contributed by atoms with Gasteiger partial charge in [-0.3, -0.25) is 9.10 Å². The van der Waals surface area contributed by atoms with Gasteiger partial charge in [-0.15, -0.1) is 0 Å². The first kappa shape index (κ1) is 23.6. The molecule has 0 unspecified atom stereocenters. The number of sulfonamides is 1. The maximum absolute atomic E-state index is 13.7. The lowest BCUT2D eigenvalue weighted by Gasteiger charge is -2.20. The number of methoxy groups -OCH3 is 1. The molecule has 1 N–H and O–H groups in total. The van der Waals surface area contributed by atoms with Gasteiger partial charge in [-0.2, -0.15) is 0 Å². The van der Waals surface area contributed by atoms with E-state index in [1.165, 1.54) is 38.4 Å². The van der Waals surface area contributed by atoms with Crippen LogP contribution in [0.5, 0.6) is 5.75 Å². The molecule has 168 valence electrons. The summed E-state index contributed by atoms with van der Waals surface area (Å²) < 4.78 is 46.1. The van der Waals surface area contributed by atoms with Gasteiger partial charge in [0.05, 0.1) is 28.3 Å². The fraction of sp³-hybridized carbons (Fsp3) is 0.174. The summed E-state index contributed by atoms with van der Waals surface area (Å²) in [6.45, 7) is 1.71. The Hall–Kier alpha value is -3.10. The van der Waals surface area contributed by atoms with Gasteiger partial charge in [-0.05, 0) is 66.6 Å². The zero-order chi connectivity index (χ0) is 23.5. The van der Waals surface area contributed by atoms with Crippen LogP contribution in [-0.4, -0.2) is 28.5 Å². The van der Waals surface area contributed by atoms with Gasteiger partial charge in [0.15, 0.2) is 0 Å². The number of nitrogens with one attached hydrogen (secondary N) is 1. The Balaban J connectivity index is 1.82. The normalized spacial score (nSPS) is 11.2. The molecular formula is C23H22ClFN2O4S. The number of amides is 1. The predicted octanol–water partition coefficient (Wildman–Crippen LogP) is 4.55. The van der Waals surface area contributed by atoms with E-state index in [0.29, 0.717) is 22.6 Å². The first-order valence-corrected chi connectivity index (χ1v) is 11.4. The summed E-state index contributed by atoms with van der Waals surface area (Å²) >= 11 is 6.16. The molecule has 0 radical (unpaired) electrons. The number of anilines is 1. The molecule has 9 heteroatoms. The molecule has 0 heterocycles. The largest absolute Gasteiger partial charge is 0.497 e. The van der Waals surface area contributed by atoms with Crippen LogP contribution in [-0.2, 0) is 16.6 Å². The number of carbonyl (C=O) groups excluding carboxylic acids is 1. The molecule has 0 bridgehead atoms. The van der Waals surface area contributed by atoms with Crippen molar-refractivity contribution in [2.45, 2.75) is 18.4 Å². The number of halogens is 2. The first-order valence-electron chi connectivity index (χ1n) is 9.59. The van der Waals surface area contributed by atoms with E-state index in [1.807, 2.05) is 0 Å². The molecule has 6 nitrogen and oxygen atoms in total. The molecule has 0 saturated heterocycles. The lowest BCUT2D eigenvalue weighted by atomic mass is 10.1. The number of benzene rings is 3. The summed E-state index contributed by atoms with van der Waals surface area (Å²) in [6, 6.07) is 15.1. The van der Waals surface area contributed by atoms with E-state index in [-0.39, 0.29) is 27.8 Å². The summed E-state index contributed by atoms with van der Waals surface area (Å²) in [5.41, 5.74) is 1.50. The summed E-state index contributed by atoms with van der Waals surface area (Å²) in [4.78, 5) is 12.6. The minimum absolute atomic E-state index is 0.00320. The quantitative estimate of drug-likeness (QED) is 0.542. The molecule has 0 atom stereocenters. The van der Waals surface area contributed by atoms with Crippen LogP contribution < -0.4 is 14.4 Å². The molecule has 0 aliphatic carbocycles. The number of hydrogen-bond donors (Lipinski definition) is 1. The van der Waals surface area contributed by atoms with Crippen LogP contribution in [0.3, 0.4) is 0 Å². The van der Waals surface area contributed by atoms with Crippen molar-refractivity contribution in [3.8, 4) is 5.75 Å². The molecular weight excluding hydrogens is 455 g/mol. The zero-order valence-corrected chi connectivity index (χ0v) is 19.3. The topological polar surface area (TPSA) is 75.7 Å². The van der Waals surface area contributed by atoms with Crippen LogP contribution in [0.4, 0.5) is 10.1 Å². The van der Waals surface area contributed by atoms with Gasteiger partial charge in [0.25, 0.3) is 15.9 Å². The van der Waals surface area contributed by atoms with Crippen molar-refractivity contribution in [3.63, 3.8) is 0 Å². The Bertz CT molecular complexity index is 1250. The molecule has 0 aliphatic rings. The third-order valence-corrected chi connectivity index (χ3v) is 7.08. The highest BCUT2D eigenvalue weighted by Gasteiger charge is 2.24. The maximum atomic E-state index is 13.7. The molecule has 3 rings (SSSR count). The summed E-state index contributed by atoms with van der Waals surface area (Å²) in [7, 11) is -1.02. The molecule has 3 aromatic rings. The smallest absolute Gasteiger partial charge is 0.264 e. The molecule has 0 aromatic heterocycles. The fourth-order valence-corrected chi connectivity index (χ4v) is 4.38. The molecule has 1 amide bonds. The van der Waals surface area contributed by atoms with Gasteiger partial charge < -0.3 is 10.1 Å². The molecule has 32 heavy (non-hydrogen) atoms. The van der Waals surface area contributed by atoms with Gasteiger partial charge in [0, 0.05) is 13.6 Å². The number of aryl methyl sites for hydroxylation is 1. The second-order valence-corrected chi connectivity index (χ2v) is 9.45. The van der Waals surface area contributed by atoms with E-state index in [2.05, 4.69) is 5.32 Å². The second-order valence-electron chi connectivity index (χ2n) is 7.08. The van der Waals surface area contributed by atoms with Crippen molar-refractivity contribution in [2.75, 3.05) is 18.5 Å². The van der Waals surface area contributed by atoms with Crippen LogP contribution in [0.2, 0.25) is 5.02 Å². The van der Waals surface area contributed by atoms with Gasteiger partial charge >= 0.3 is 0 Å². The Morgan fingerprint density at radius 1 is 1.09 bits per heavy atom. The maximum Gasteiger partial charge on any atom is 0.264 e. The molecule has 0 fully saturated rings. The van der Waals surface area contributed by atoms with Crippen LogP contribution >= 0.6 is 11.6 Å². The van der Waals surface area contributed by atoms with Gasteiger partial charge in [0.2, 0.25) is 0 Å². The van der Waals surface area contributed by atoms with Gasteiger partial charge in [-0.25, -0.2) is 12.8 Å². The third kappa shape index (κ3) is 5.03. The van der Waals surface area contributed by atoms with E-state index in [4.69, 9.17) is 16.3 Å². The molecule has 3 aromatic carbocycles. The highest BCUT2D eigenvalue weighted by molar-refractivity contribution is 7.92. The summed E-state index contributed by atoms with van der Waals surface area (Å²) in [5, 5.41) is 2.74. The fourth-order valence-electron chi connectivity index (χ4n) is 2.95. The van der Waals surface area contributed by atoms with E-state index in [9.17, 15) is 17.6 Å². The van der Waals surface area contributed by atoms with Crippen molar-refractivity contribution in [1.29, 1.82) is 0 Å². The van der Waals surface area contributed by atoms with Crippen LogP contribution in [0.25, 0.3) is 0 Å². The van der Waals surface area contributed by atoms with E-state index in [1.54, 1.807) is 43.3 Å². The second kappa shape index (κ2) is 9.58. The van der Waals surface area contributed by atoms with Crippen molar-refractivity contribution >= 4 is 33.2 Å². The highest BCUT2D eigenvalue weighted by Crippen LogP contribution is 2.27. The van der Waals surface area contributed by atoms with Crippen molar-refractivity contribution in [2.24, 2.45) is 0 Å². The lowest BCUT2D eigenvalue weighted by molar-refractivity contribution is 0.0950. The van der Waals surface area contributed by atoms with Crippen molar-refractivity contribution < 1.29 is 22.3 Å². The number of rotatable bonds is 7.